The first-order chi connectivity index (χ1) is 12.8. The van der Waals surface area contributed by atoms with Crippen molar-refractivity contribution in [1.82, 2.24) is 5.32 Å². The van der Waals surface area contributed by atoms with Crippen LogP contribution in [0.5, 0.6) is 0 Å². The van der Waals surface area contributed by atoms with Crippen LogP contribution in [0.25, 0.3) is 0 Å². The number of benzene rings is 2. The molecule has 0 aromatic heterocycles. The Morgan fingerprint density at radius 3 is 2.52 bits per heavy atom. The van der Waals surface area contributed by atoms with Gasteiger partial charge < -0.3 is 10.6 Å². The van der Waals surface area contributed by atoms with E-state index in [1.54, 1.807) is 30.3 Å². The molecule has 0 aliphatic carbocycles. The van der Waals surface area contributed by atoms with Gasteiger partial charge in [-0.25, -0.2) is 8.42 Å². The summed E-state index contributed by atoms with van der Waals surface area (Å²) in [6.07, 6.45) is 1.43. The first-order valence-corrected chi connectivity index (χ1v) is 10.2. The average molecular weight is 405 g/mol. The lowest BCUT2D eigenvalue weighted by Crippen LogP contribution is -2.33. The summed E-state index contributed by atoms with van der Waals surface area (Å²) in [6.45, 7) is 3.37. The maximum atomic E-state index is 12.6. The number of hydrogen-bond acceptors (Lipinski definition) is 4. The monoisotopic (exact) mass is 404 g/mol. The third-order valence-corrected chi connectivity index (χ3v) is 6.31. The molecule has 3 rings (SSSR count). The molecule has 0 fully saturated rings. The van der Waals surface area contributed by atoms with Crippen molar-refractivity contribution >= 4 is 38.9 Å². The van der Waals surface area contributed by atoms with Crippen LogP contribution in [0.4, 0.5) is 5.69 Å². The van der Waals surface area contributed by atoms with Crippen LogP contribution in [-0.4, -0.2) is 26.0 Å². The highest BCUT2D eigenvalue weighted by Crippen LogP contribution is 2.34. The van der Waals surface area contributed by atoms with Gasteiger partial charge in [-0.15, -0.1) is 0 Å². The molecular formula is C19H17ClN2O4S. The first kappa shape index (κ1) is 19.1. The van der Waals surface area contributed by atoms with E-state index < -0.39 is 15.9 Å². The van der Waals surface area contributed by atoms with Gasteiger partial charge in [0.1, 0.15) is 0 Å². The van der Waals surface area contributed by atoms with Crippen molar-refractivity contribution < 1.29 is 18.0 Å². The first-order valence-electron chi connectivity index (χ1n) is 8.17. The maximum absolute atomic E-state index is 12.6. The van der Waals surface area contributed by atoms with E-state index in [1.165, 1.54) is 12.1 Å². The Bertz CT molecular complexity index is 1020. The van der Waals surface area contributed by atoms with Crippen molar-refractivity contribution in [2.24, 2.45) is 0 Å². The smallest absolute Gasteiger partial charge is 0.251 e. The Morgan fingerprint density at radius 1 is 1.15 bits per heavy atom. The van der Waals surface area contributed by atoms with Crippen molar-refractivity contribution in [3.8, 4) is 0 Å². The van der Waals surface area contributed by atoms with E-state index in [-0.39, 0.29) is 28.9 Å². The zero-order valence-corrected chi connectivity index (χ0v) is 15.8. The number of rotatable bonds is 4. The molecule has 0 saturated carbocycles. The Hall–Kier alpha value is -2.64. The molecule has 1 aliphatic rings. The Morgan fingerprint density at radius 2 is 1.85 bits per heavy atom. The number of sulfone groups is 1. The molecule has 0 spiro atoms. The molecule has 2 aromatic rings. The number of anilines is 1. The number of nitrogens with one attached hydrogen (secondary N) is 2. The van der Waals surface area contributed by atoms with Crippen molar-refractivity contribution in [3.05, 3.63) is 71.3 Å². The highest BCUT2D eigenvalue weighted by molar-refractivity contribution is 7.91. The molecule has 0 saturated heterocycles. The topological polar surface area (TPSA) is 92.3 Å². The molecule has 6 nitrogen and oxygen atoms in total. The molecule has 2 N–H and O–H groups in total. The number of fused-ring (bicyclic) bond motifs is 1. The lowest BCUT2D eigenvalue weighted by atomic mass is 10.0. The van der Waals surface area contributed by atoms with Crippen LogP contribution in [0.2, 0.25) is 5.02 Å². The maximum Gasteiger partial charge on any atom is 0.251 e. The van der Waals surface area contributed by atoms with Gasteiger partial charge in [-0.2, -0.15) is 0 Å². The lowest BCUT2D eigenvalue weighted by Gasteiger charge is -2.26. The van der Waals surface area contributed by atoms with E-state index >= 15 is 0 Å². The molecule has 1 unspecified atom stereocenters. The summed E-state index contributed by atoms with van der Waals surface area (Å²) in [6, 6.07) is 10.5. The van der Waals surface area contributed by atoms with Crippen molar-refractivity contribution in [3.63, 3.8) is 0 Å². The summed E-state index contributed by atoms with van der Waals surface area (Å²) in [5.41, 5.74) is 1.43. The Labute approximate surface area is 162 Å². The van der Waals surface area contributed by atoms with Crippen LogP contribution in [0.1, 0.15) is 28.4 Å². The quantitative estimate of drug-likeness (QED) is 0.766. The molecule has 27 heavy (non-hydrogen) atoms. The van der Waals surface area contributed by atoms with Gasteiger partial charge in [0, 0.05) is 16.3 Å². The second-order valence-electron chi connectivity index (χ2n) is 6.09. The van der Waals surface area contributed by atoms with E-state index in [9.17, 15) is 18.0 Å². The van der Waals surface area contributed by atoms with E-state index in [4.69, 9.17) is 11.6 Å². The second-order valence-corrected chi connectivity index (χ2v) is 8.60. The number of halogens is 1. The van der Waals surface area contributed by atoms with Gasteiger partial charge in [-0.1, -0.05) is 18.2 Å². The predicted molar refractivity (Wildman–Crippen MR) is 104 cm³/mol. The molecule has 2 amide bonds. The third-order valence-electron chi connectivity index (χ3n) is 4.26. The molecule has 1 heterocycles. The van der Waals surface area contributed by atoms with E-state index in [2.05, 4.69) is 17.2 Å². The minimum absolute atomic E-state index is 0.0426. The van der Waals surface area contributed by atoms with Gasteiger partial charge in [0.25, 0.3) is 5.91 Å². The molecule has 8 heteroatoms. The molecule has 0 bridgehead atoms. The molecule has 0 radical (unpaired) electrons. The molecule has 140 valence electrons. The van der Waals surface area contributed by atoms with Gasteiger partial charge in [0.05, 0.1) is 16.7 Å². The zero-order valence-electron chi connectivity index (χ0n) is 14.2. The van der Waals surface area contributed by atoms with Gasteiger partial charge in [0.2, 0.25) is 5.91 Å². The molecule has 1 atom stereocenters. The number of hydrogen-bond donors (Lipinski definition) is 2. The van der Waals surface area contributed by atoms with Crippen molar-refractivity contribution in [1.29, 1.82) is 0 Å². The zero-order chi connectivity index (χ0) is 19.6. The highest BCUT2D eigenvalue weighted by Gasteiger charge is 2.31. The average Bonchev–Trinajstić information content (AvgIpc) is 2.64. The minimum Gasteiger partial charge on any atom is -0.345 e. The normalized spacial score (nSPS) is 17.4. The summed E-state index contributed by atoms with van der Waals surface area (Å²) in [5, 5.41) is 5.87. The fraction of sp³-hybridized carbons (Fsp3) is 0.158. The van der Waals surface area contributed by atoms with Crippen LogP contribution >= 0.6 is 11.6 Å². The molecule has 1 aliphatic heterocycles. The van der Waals surface area contributed by atoms with Gasteiger partial charge in [-0.3, -0.25) is 9.59 Å². The Balaban J connectivity index is 1.79. The molecular weight excluding hydrogens is 388 g/mol. The van der Waals surface area contributed by atoms with Gasteiger partial charge in [-0.05, 0) is 60.5 Å². The van der Waals surface area contributed by atoms with E-state index in [1.807, 2.05) is 0 Å². The van der Waals surface area contributed by atoms with Crippen molar-refractivity contribution in [2.75, 3.05) is 11.1 Å². The highest BCUT2D eigenvalue weighted by atomic mass is 35.5. The lowest BCUT2D eigenvalue weighted by molar-refractivity contribution is -0.111. The van der Waals surface area contributed by atoms with E-state index in [0.29, 0.717) is 21.8 Å². The second kappa shape index (κ2) is 7.54. The standard InChI is InChI=1S/C19H17ClN2O4S/c1-2-18(23)21-14-6-3-12(4-7-14)19(24)22-16-9-10-27(25,26)17-8-5-13(20)11-15(16)17/h2-8,11,16H,1,9-10H2,(H,21,23)(H,22,24). The van der Waals surface area contributed by atoms with Gasteiger partial charge in [0.15, 0.2) is 9.84 Å². The summed E-state index contributed by atoms with van der Waals surface area (Å²) in [5.74, 6) is -0.727. The fourth-order valence-corrected chi connectivity index (χ4v) is 4.69. The van der Waals surface area contributed by atoms with Crippen LogP contribution in [0.3, 0.4) is 0 Å². The Kier molecular flexibility index (Phi) is 5.34. The van der Waals surface area contributed by atoms with Crippen LogP contribution in [0.15, 0.2) is 60.0 Å². The summed E-state index contributed by atoms with van der Waals surface area (Å²) in [7, 11) is -3.37. The van der Waals surface area contributed by atoms with E-state index in [0.717, 1.165) is 6.08 Å². The van der Waals surface area contributed by atoms with Gasteiger partial charge >= 0.3 is 0 Å². The van der Waals surface area contributed by atoms with Crippen molar-refractivity contribution in [2.45, 2.75) is 17.4 Å². The SMILES string of the molecule is C=CC(=O)Nc1ccc(C(=O)NC2CCS(=O)(=O)c3ccc(Cl)cc32)cc1. The summed E-state index contributed by atoms with van der Waals surface area (Å²) >= 11 is 6.01. The number of amides is 2. The third kappa shape index (κ3) is 4.20. The minimum atomic E-state index is -3.37. The summed E-state index contributed by atoms with van der Waals surface area (Å²) < 4.78 is 24.5. The number of carbonyl (C=O) groups is 2. The fourth-order valence-electron chi connectivity index (χ4n) is 2.90. The predicted octanol–water partition coefficient (Wildman–Crippen LogP) is 3.11. The summed E-state index contributed by atoms with van der Waals surface area (Å²) in [4.78, 5) is 24.1. The van der Waals surface area contributed by atoms with Crippen LogP contribution < -0.4 is 10.6 Å². The molecule has 2 aromatic carbocycles. The van der Waals surface area contributed by atoms with Crippen LogP contribution in [-0.2, 0) is 14.6 Å². The number of carbonyl (C=O) groups excluding carboxylic acids is 2. The largest absolute Gasteiger partial charge is 0.345 e. The van der Waals surface area contributed by atoms with Crippen LogP contribution in [0, 0.1) is 0 Å².